The number of amidine groups is 1. The van der Waals surface area contributed by atoms with Crippen molar-refractivity contribution < 1.29 is 41.6 Å². The van der Waals surface area contributed by atoms with Gasteiger partial charge in [0, 0.05) is 56.1 Å². The highest BCUT2D eigenvalue weighted by atomic mass is 32.2. The number of anilines is 1. The molecule has 14 nitrogen and oxygen atoms in total. The van der Waals surface area contributed by atoms with Gasteiger partial charge in [0.05, 0.1) is 35.9 Å². The van der Waals surface area contributed by atoms with Gasteiger partial charge in [0.2, 0.25) is 0 Å². The molecule has 3 aliphatic heterocycles. The van der Waals surface area contributed by atoms with E-state index in [4.69, 9.17) is 20.1 Å². The Balaban J connectivity index is 1.30. The number of fused-ring (bicyclic) bond motifs is 2. The summed E-state index contributed by atoms with van der Waals surface area (Å²) in [6.45, 7) is 11.5. The van der Waals surface area contributed by atoms with E-state index in [9.17, 15) is 27.4 Å². The van der Waals surface area contributed by atoms with Crippen molar-refractivity contribution in [3.8, 4) is 0 Å². The zero-order valence-electron chi connectivity index (χ0n) is 33.3. The van der Waals surface area contributed by atoms with Gasteiger partial charge in [0.1, 0.15) is 12.0 Å². The first-order chi connectivity index (χ1) is 26.3. The number of nitrogens with one attached hydrogen (secondary N) is 1. The molecule has 0 atom stereocenters. The number of hydrogen-bond donors (Lipinski definition) is 2. The summed E-state index contributed by atoms with van der Waals surface area (Å²) in [6, 6.07) is 8.31. The molecule has 5 rings (SSSR count). The van der Waals surface area contributed by atoms with Crippen molar-refractivity contribution >= 4 is 51.0 Å². The summed E-state index contributed by atoms with van der Waals surface area (Å²) in [7, 11) is -1.24. The van der Waals surface area contributed by atoms with E-state index in [2.05, 4.69) is 49.9 Å². The Morgan fingerprint density at radius 3 is 2.46 bits per heavy atom. The fourth-order valence-electron chi connectivity index (χ4n) is 7.27. The standard InChI is InChI=1S/C41H52N6O8S/c1-28-18-19-32-30(25-28)41(4,5)34(46(32)23-13-9-12-17-37(49)55-47-35(42)20-21-36(47)48)16-11-8-10-15-33-40(2,3)31-26-29(39(50)44(6)54-7)27-45(38(31)43-33)22-14-24-56(51,52)53/h8,10-11,15-16,18-19,25-27,42H,9,12-14,17,20-24H2,1-7H3/p+1. The Hall–Kier alpha value is -4.99. The van der Waals surface area contributed by atoms with Gasteiger partial charge in [-0.15, -0.1) is 5.06 Å². The third-order valence-corrected chi connectivity index (χ3v) is 11.3. The second kappa shape index (κ2) is 17.0. The minimum absolute atomic E-state index is 0.0145. The zero-order valence-corrected chi connectivity index (χ0v) is 34.1. The topological polar surface area (TPSA) is 174 Å². The average molecular weight is 790 g/mol. The fraction of sp³-hybridized carbons (Fsp3) is 0.463. The van der Waals surface area contributed by atoms with Crippen molar-refractivity contribution in [2.75, 3.05) is 31.4 Å². The number of aliphatic imine (C=N–C) groups is 1. The van der Waals surface area contributed by atoms with E-state index in [1.54, 1.807) is 16.8 Å². The number of carbonyl (C=O) groups excluding carboxylic acids is 3. The number of allylic oxidation sites excluding steroid dienone is 6. The molecule has 56 heavy (non-hydrogen) atoms. The van der Waals surface area contributed by atoms with Gasteiger partial charge in [0.15, 0.2) is 5.71 Å². The number of hydrogen-bond acceptors (Lipinski definition) is 10. The number of rotatable bonds is 16. The van der Waals surface area contributed by atoms with Crippen LogP contribution in [0.5, 0.6) is 0 Å². The monoisotopic (exact) mass is 789 g/mol. The van der Waals surface area contributed by atoms with Crippen molar-refractivity contribution in [2.45, 2.75) is 96.9 Å². The molecule has 0 saturated carbocycles. The summed E-state index contributed by atoms with van der Waals surface area (Å²) in [5, 5.41) is 9.72. The summed E-state index contributed by atoms with van der Waals surface area (Å²) in [6.07, 6.45) is 14.6. The molecule has 2 N–H and O–H groups in total. The SMILES string of the molecule is CON(C)C(=O)c1cc2c([n+](CCCS(=O)(=O)O)c1)N=C(/C=C/C=C/C=C1/N(CCCCCC(=O)ON3C(=N)CCC3=O)c3ccc(C)cc3C1(C)C)C2(C)C. The molecule has 300 valence electrons. The lowest BCUT2D eigenvalue weighted by molar-refractivity contribution is -0.684. The van der Waals surface area contributed by atoms with Gasteiger partial charge in [-0.1, -0.05) is 56.2 Å². The maximum absolute atomic E-state index is 13.1. The Labute approximate surface area is 329 Å². The largest absolute Gasteiger partial charge is 0.344 e. The van der Waals surface area contributed by atoms with Crippen LogP contribution in [0.3, 0.4) is 0 Å². The van der Waals surface area contributed by atoms with Crippen LogP contribution >= 0.6 is 0 Å². The van der Waals surface area contributed by atoms with Gasteiger partial charge in [-0.3, -0.25) is 24.4 Å². The predicted molar refractivity (Wildman–Crippen MR) is 213 cm³/mol. The lowest BCUT2D eigenvalue weighted by Crippen LogP contribution is -2.38. The number of pyridine rings is 1. The predicted octanol–water partition coefficient (Wildman–Crippen LogP) is 5.97. The van der Waals surface area contributed by atoms with Crippen LogP contribution < -0.4 is 9.47 Å². The van der Waals surface area contributed by atoms with E-state index >= 15 is 0 Å². The summed E-state index contributed by atoms with van der Waals surface area (Å²) in [4.78, 5) is 54.8. The second-order valence-electron chi connectivity index (χ2n) is 15.4. The third-order valence-electron chi connectivity index (χ3n) is 10.5. The highest BCUT2D eigenvalue weighted by Crippen LogP contribution is 2.48. The molecule has 0 bridgehead atoms. The van der Waals surface area contributed by atoms with Gasteiger partial charge in [-0.05, 0) is 68.5 Å². The van der Waals surface area contributed by atoms with Crippen molar-refractivity contribution in [2.24, 2.45) is 4.99 Å². The number of carbonyl (C=O) groups is 3. The van der Waals surface area contributed by atoms with Crippen LogP contribution in [0, 0.1) is 12.3 Å². The van der Waals surface area contributed by atoms with Crippen molar-refractivity contribution in [3.05, 3.63) is 88.8 Å². The minimum Gasteiger partial charge on any atom is -0.344 e. The molecule has 4 heterocycles. The zero-order chi connectivity index (χ0) is 41.0. The van der Waals surface area contributed by atoms with E-state index < -0.39 is 27.3 Å². The smallest absolute Gasteiger partial charge is 0.333 e. The lowest BCUT2D eigenvalue weighted by Gasteiger charge is -2.27. The molecule has 15 heteroatoms. The molecule has 0 aliphatic carbocycles. The van der Waals surface area contributed by atoms with Crippen molar-refractivity contribution in [3.63, 3.8) is 0 Å². The quantitative estimate of drug-likeness (QED) is 0.0683. The highest BCUT2D eigenvalue weighted by molar-refractivity contribution is 7.85. The molecule has 1 saturated heterocycles. The Morgan fingerprint density at radius 2 is 1.79 bits per heavy atom. The summed E-state index contributed by atoms with van der Waals surface area (Å²) >= 11 is 0. The molecule has 1 aromatic carbocycles. The van der Waals surface area contributed by atoms with Gasteiger partial charge < -0.3 is 9.74 Å². The van der Waals surface area contributed by atoms with Crippen LogP contribution in [-0.4, -0.2) is 78.9 Å². The van der Waals surface area contributed by atoms with Crippen LogP contribution in [0.2, 0.25) is 0 Å². The van der Waals surface area contributed by atoms with Crippen LogP contribution in [0.25, 0.3) is 0 Å². The van der Waals surface area contributed by atoms with E-state index in [1.165, 1.54) is 25.3 Å². The lowest BCUT2D eigenvalue weighted by atomic mass is 9.81. The number of aryl methyl sites for hydroxylation is 2. The van der Waals surface area contributed by atoms with Crippen LogP contribution in [0.4, 0.5) is 11.5 Å². The van der Waals surface area contributed by atoms with Gasteiger partial charge in [-0.2, -0.15) is 8.42 Å². The van der Waals surface area contributed by atoms with Crippen LogP contribution in [0.1, 0.15) is 99.7 Å². The number of hydroxylamine groups is 4. The molecular formula is C41H53N6O8S+. The van der Waals surface area contributed by atoms with E-state index in [1.807, 2.05) is 38.2 Å². The number of aromatic nitrogens is 1. The van der Waals surface area contributed by atoms with Crippen LogP contribution in [0.15, 0.2) is 71.5 Å². The first-order valence-electron chi connectivity index (χ1n) is 18.8. The van der Waals surface area contributed by atoms with Crippen LogP contribution in [-0.2, 0) is 46.8 Å². The number of benzene rings is 1. The van der Waals surface area contributed by atoms with Gasteiger partial charge in [-0.25, -0.2) is 14.4 Å². The molecule has 0 spiro atoms. The van der Waals surface area contributed by atoms with Crippen molar-refractivity contribution in [1.82, 2.24) is 10.1 Å². The summed E-state index contributed by atoms with van der Waals surface area (Å²) in [5.74, 6) is -1.02. The molecule has 3 aliphatic rings. The van der Waals surface area contributed by atoms with E-state index in [0.717, 1.165) is 52.2 Å². The van der Waals surface area contributed by atoms with Gasteiger partial charge >= 0.3 is 11.8 Å². The maximum Gasteiger partial charge on any atom is 0.333 e. The normalized spacial score (nSPS) is 18.0. The molecule has 1 fully saturated rings. The van der Waals surface area contributed by atoms with E-state index in [0.29, 0.717) is 17.8 Å². The molecule has 0 radical (unpaired) electrons. The first kappa shape index (κ1) is 42.2. The Morgan fingerprint density at radius 1 is 1.04 bits per heavy atom. The highest BCUT2D eigenvalue weighted by Gasteiger charge is 2.43. The second-order valence-corrected chi connectivity index (χ2v) is 17.0. The average Bonchev–Trinajstić information content (AvgIpc) is 3.66. The van der Waals surface area contributed by atoms with Crippen molar-refractivity contribution in [1.29, 1.82) is 5.41 Å². The van der Waals surface area contributed by atoms with E-state index in [-0.39, 0.29) is 55.3 Å². The fourth-order valence-corrected chi connectivity index (χ4v) is 7.76. The number of unbranched alkanes of at least 4 members (excludes halogenated alkanes) is 2. The minimum atomic E-state index is -4.16. The molecule has 2 amide bonds. The third kappa shape index (κ3) is 9.33. The molecular weight excluding hydrogens is 737 g/mol. The Bertz CT molecular complexity index is 2120. The molecule has 1 aromatic heterocycles. The Kier molecular flexibility index (Phi) is 12.8. The summed E-state index contributed by atoms with van der Waals surface area (Å²) < 4.78 is 33.9. The van der Waals surface area contributed by atoms with Gasteiger partial charge in [0.25, 0.3) is 21.9 Å². The summed E-state index contributed by atoms with van der Waals surface area (Å²) in [5.41, 5.74) is 5.80. The number of nitrogens with zero attached hydrogens (tertiary/aromatic N) is 5. The number of amides is 2. The molecule has 0 unspecified atom stereocenters. The maximum atomic E-state index is 13.1. The first-order valence-corrected chi connectivity index (χ1v) is 20.5. The molecule has 2 aromatic rings.